The number of aromatic nitrogens is 2. The highest BCUT2D eigenvalue weighted by Crippen LogP contribution is 2.36. The summed E-state index contributed by atoms with van der Waals surface area (Å²) < 4.78 is 2.02. The summed E-state index contributed by atoms with van der Waals surface area (Å²) in [6.07, 6.45) is 11.4. The van der Waals surface area contributed by atoms with E-state index in [0.717, 1.165) is 73.7 Å². The molecule has 0 spiro atoms. The Morgan fingerprint density at radius 3 is 2.76 bits per heavy atom. The van der Waals surface area contributed by atoms with Crippen molar-refractivity contribution in [2.75, 3.05) is 24.5 Å². The largest absolute Gasteiger partial charge is 0.371 e. The molecule has 174 valence electrons. The zero-order valence-corrected chi connectivity index (χ0v) is 20.7. The van der Waals surface area contributed by atoms with Gasteiger partial charge in [0.25, 0.3) is 5.91 Å². The minimum absolute atomic E-state index is 0.0702. The molecule has 33 heavy (non-hydrogen) atoms. The van der Waals surface area contributed by atoms with E-state index in [-0.39, 0.29) is 11.9 Å². The quantitative estimate of drug-likeness (QED) is 0.494. The number of rotatable bonds is 3. The van der Waals surface area contributed by atoms with Gasteiger partial charge in [-0.1, -0.05) is 6.92 Å². The van der Waals surface area contributed by atoms with Crippen molar-refractivity contribution < 1.29 is 4.79 Å². The first-order chi connectivity index (χ1) is 16.1. The van der Waals surface area contributed by atoms with Crippen LogP contribution in [0.15, 0.2) is 24.4 Å². The van der Waals surface area contributed by atoms with Crippen molar-refractivity contribution in [3.63, 3.8) is 0 Å². The van der Waals surface area contributed by atoms with E-state index in [0.29, 0.717) is 0 Å². The monoisotopic (exact) mass is 462 g/mol. The molecular formula is C27H34N4OS. The Morgan fingerprint density at radius 1 is 1.06 bits per heavy atom. The van der Waals surface area contributed by atoms with Gasteiger partial charge < -0.3 is 9.80 Å². The third kappa shape index (κ3) is 3.86. The van der Waals surface area contributed by atoms with E-state index < -0.39 is 0 Å². The normalized spacial score (nSPS) is 23.3. The number of fused-ring (bicyclic) bond motifs is 2. The maximum atomic E-state index is 13.6. The lowest BCUT2D eigenvalue weighted by molar-refractivity contribution is 0.0610. The number of thiophene rings is 1. The molecule has 3 aromatic heterocycles. The Morgan fingerprint density at radius 2 is 1.94 bits per heavy atom. The lowest BCUT2D eigenvalue weighted by atomic mass is 9.98. The molecule has 6 heteroatoms. The first kappa shape index (κ1) is 21.2. The summed E-state index contributed by atoms with van der Waals surface area (Å²) in [4.78, 5) is 20.6. The predicted octanol–water partition coefficient (Wildman–Crippen LogP) is 5.80. The number of aryl methyl sites for hydroxylation is 3. The minimum atomic E-state index is 0.0702. The van der Waals surface area contributed by atoms with Gasteiger partial charge in [-0.05, 0) is 93.5 Å². The lowest BCUT2D eigenvalue weighted by Crippen LogP contribution is -2.38. The van der Waals surface area contributed by atoms with E-state index in [1.54, 1.807) is 11.3 Å². The Kier molecular flexibility index (Phi) is 5.44. The second-order valence-electron chi connectivity index (χ2n) is 10.4. The molecule has 6 rings (SSSR count). The van der Waals surface area contributed by atoms with Gasteiger partial charge in [-0.2, -0.15) is 5.10 Å². The first-order valence-electron chi connectivity index (χ1n) is 12.7. The molecule has 5 heterocycles. The summed E-state index contributed by atoms with van der Waals surface area (Å²) in [6, 6.07) is 6.77. The SMILES string of the molecule is Cc1cn2nc([C@@H]3CCCCN3C(=O)c3cc4c(s3)CCCC4)cc2cc1N1CC[C@H](C)C1. The van der Waals surface area contributed by atoms with Crippen molar-refractivity contribution in [3.05, 3.63) is 51.0 Å². The molecule has 2 saturated heterocycles. The van der Waals surface area contributed by atoms with Crippen LogP contribution >= 0.6 is 11.3 Å². The fourth-order valence-electron chi connectivity index (χ4n) is 6.02. The van der Waals surface area contributed by atoms with Crippen LogP contribution in [0.1, 0.15) is 82.9 Å². The third-order valence-corrected chi connectivity index (χ3v) is 9.09. The predicted molar refractivity (Wildman–Crippen MR) is 135 cm³/mol. The number of carbonyl (C=O) groups excluding carboxylic acids is 1. The van der Waals surface area contributed by atoms with E-state index in [9.17, 15) is 4.79 Å². The maximum absolute atomic E-state index is 13.6. The number of pyridine rings is 1. The Balaban J connectivity index is 1.30. The van der Waals surface area contributed by atoms with E-state index in [2.05, 4.69) is 48.0 Å². The van der Waals surface area contributed by atoms with Gasteiger partial charge in [-0.25, -0.2) is 4.52 Å². The van der Waals surface area contributed by atoms with Crippen LogP contribution in [-0.2, 0) is 12.8 Å². The third-order valence-electron chi connectivity index (χ3n) is 7.87. The number of hydrogen-bond donors (Lipinski definition) is 0. The van der Waals surface area contributed by atoms with Crippen molar-refractivity contribution in [2.24, 2.45) is 5.92 Å². The Labute approximate surface area is 200 Å². The molecule has 1 amide bonds. The molecule has 0 aromatic carbocycles. The van der Waals surface area contributed by atoms with Gasteiger partial charge in [0, 0.05) is 36.4 Å². The summed E-state index contributed by atoms with van der Waals surface area (Å²) in [6.45, 7) is 7.62. The van der Waals surface area contributed by atoms with Gasteiger partial charge in [0.2, 0.25) is 0 Å². The number of hydrogen-bond acceptors (Lipinski definition) is 4. The molecule has 0 saturated carbocycles. The minimum Gasteiger partial charge on any atom is -0.371 e. The van der Waals surface area contributed by atoms with Crippen LogP contribution in [0.4, 0.5) is 5.69 Å². The van der Waals surface area contributed by atoms with Crippen molar-refractivity contribution >= 4 is 28.4 Å². The summed E-state index contributed by atoms with van der Waals surface area (Å²) >= 11 is 1.74. The molecule has 1 aliphatic carbocycles. The fourth-order valence-corrected chi connectivity index (χ4v) is 7.23. The number of carbonyl (C=O) groups is 1. The lowest BCUT2D eigenvalue weighted by Gasteiger charge is -2.34. The maximum Gasteiger partial charge on any atom is 0.264 e. The zero-order valence-electron chi connectivity index (χ0n) is 19.8. The summed E-state index contributed by atoms with van der Waals surface area (Å²) in [5.41, 5.74) is 6.19. The van der Waals surface area contributed by atoms with E-state index in [1.165, 1.54) is 41.0 Å². The van der Waals surface area contributed by atoms with E-state index >= 15 is 0 Å². The van der Waals surface area contributed by atoms with Crippen molar-refractivity contribution in [1.82, 2.24) is 14.5 Å². The molecule has 5 nitrogen and oxygen atoms in total. The van der Waals surface area contributed by atoms with Crippen LogP contribution in [0.5, 0.6) is 0 Å². The number of nitrogens with zero attached hydrogens (tertiary/aromatic N) is 4. The van der Waals surface area contributed by atoms with Crippen molar-refractivity contribution in [2.45, 2.75) is 71.3 Å². The van der Waals surface area contributed by atoms with E-state index in [1.807, 2.05) is 4.52 Å². The van der Waals surface area contributed by atoms with Gasteiger partial charge in [-0.15, -0.1) is 11.3 Å². The molecule has 0 bridgehead atoms. The molecule has 0 radical (unpaired) electrons. The van der Waals surface area contributed by atoms with Crippen molar-refractivity contribution in [1.29, 1.82) is 0 Å². The standard InChI is InChI=1S/C27H34N4OS/c1-18-10-12-29(16-18)24-15-21-14-22(28-31(21)17-19(24)2)23-8-5-6-11-30(23)27(32)26-13-20-7-3-4-9-25(20)33-26/h13-15,17-18,23H,3-12,16H2,1-2H3/t18-,23-/m0/s1. The highest BCUT2D eigenvalue weighted by Gasteiger charge is 2.32. The Hall–Kier alpha value is -2.34. The first-order valence-corrected chi connectivity index (χ1v) is 13.6. The highest BCUT2D eigenvalue weighted by atomic mass is 32.1. The number of likely N-dealkylation sites (tertiary alicyclic amines) is 1. The number of piperidine rings is 1. The fraction of sp³-hybridized carbons (Fsp3) is 0.556. The van der Waals surface area contributed by atoms with Crippen molar-refractivity contribution in [3.8, 4) is 0 Å². The molecule has 2 fully saturated rings. The summed E-state index contributed by atoms with van der Waals surface area (Å²) in [5, 5.41) is 4.98. The number of anilines is 1. The van der Waals surface area contributed by atoms with Gasteiger partial charge in [0.15, 0.2) is 0 Å². The smallest absolute Gasteiger partial charge is 0.264 e. The average molecular weight is 463 g/mol. The second-order valence-corrected chi connectivity index (χ2v) is 11.5. The molecule has 3 aliphatic rings. The molecule has 2 atom stereocenters. The average Bonchev–Trinajstić information content (AvgIpc) is 3.55. The van der Waals surface area contributed by atoms with Crippen LogP contribution in [0.3, 0.4) is 0 Å². The molecule has 0 N–H and O–H groups in total. The van der Waals surface area contributed by atoms with Gasteiger partial charge in [-0.3, -0.25) is 4.79 Å². The van der Waals surface area contributed by atoms with Crippen LogP contribution in [0.25, 0.3) is 5.52 Å². The van der Waals surface area contributed by atoms with Crippen LogP contribution < -0.4 is 4.90 Å². The van der Waals surface area contributed by atoms with Gasteiger partial charge in [0.05, 0.1) is 22.1 Å². The Bertz CT molecular complexity index is 1170. The van der Waals surface area contributed by atoms with E-state index in [4.69, 9.17) is 5.10 Å². The molecular weight excluding hydrogens is 428 g/mol. The number of amides is 1. The zero-order chi connectivity index (χ0) is 22.5. The second kappa shape index (κ2) is 8.46. The molecule has 2 aliphatic heterocycles. The summed E-state index contributed by atoms with van der Waals surface area (Å²) in [7, 11) is 0. The van der Waals surface area contributed by atoms with Crippen LogP contribution in [-0.4, -0.2) is 40.1 Å². The van der Waals surface area contributed by atoms with Gasteiger partial charge >= 0.3 is 0 Å². The highest BCUT2D eigenvalue weighted by molar-refractivity contribution is 7.14. The molecule has 0 unspecified atom stereocenters. The van der Waals surface area contributed by atoms with Crippen LogP contribution in [0, 0.1) is 12.8 Å². The summed E-state index contributed by atoms with van der Waals surface area (Å²) in [5.74, 6) is 0.963. The van der Waals surface area contributed by atoms with Gasteiger partial charge in [0.1, 0.15) is 0 Å². The molecule has 3 aromatic rings. The topological polar surface area (TPSA) is 40.9 Å². The van der Waals surface area contributed by atoms with Crippen LogP contribution in [0.2, 0.25) is 0 Å².